The minimum atomic E-state index is 0.182. The molecule has 1 unspecified atom stereocenters. The predicted octanol–water partition coefficient (Wildman–Crippen LogP) is 1.96. The van der Waals surface area contributed by atoms with Gasteiger partial charge in [0.1, 0.15) is 0 Å². The number of nitrogens with zero attached hydrogens (tertiary/aromatic N) is 2. The van der Waals surface area contributed by atoms with Gasteiger partial charge >= 0.3 is 0 Å². The summed E-state index contributed by atoms with van der Waals surface area (Å²) in [6, 6.07) is 0.182. The van der Waals surface area contributed by atoms with Crippen LogP contribution in [0.15, 0.2) is 10.7 Å². The van der Waals surface area contributed by atoms with Crippen LogP contribution in [0.4, 0.5) is 0 Å². The molecule has 1 N–H and O–H groups in total. The summed E-state index contributed by atoms with van der Waals surface area (Å²) in [4.78, 5) is 0. The highest BCUT2D eigenvalue weighted by molar-refractivity contribution is 9.10. The van der Waals surface area contributed by atoms with Gasteiger partial charge in [0.15, 0.2) is 0 Å². The first-order chi connectivity index (χ1) is 7.24. The minimum Gasteiger partial charge on any atom is -0.380 e. The summed E-state index contributed by atoms with van der Waals surface area (Å²) in [5.41, 5.74) is 1.15. The van der Waals surface area contributed by atoms with Crippen molar-refractivity contribution in [2.45, 2.75) is 26.4 Å². The van der Waals surface area contributed by atoms with Crippen molar-refractivity contribution in [1.29, 1.82) is 0 Å². The average Bonchev–Trinajstić information content (AvgIpc) is 2.62. The molecule has 1 rings (SSSR count). The molecule has 1 aromatic heterocycles. The van der Waals surface area contributed by atoms with Gasteiger partial charge in [-0.1, -0.05) is 0 Å². The molecule has 0 aliphatic heterocycles. The lowest BCUT2D eigenvalue weighted by Crippen LogP contribution is -2.25. The van der Waals surface area contributed by atoms with Crippen LogP contribution in [0, 0.1) is 0 Å². The van der Waals surface area contributed by atoms with Crippen LogP contribution in [-0.4, -0.2) is 30.0 Å². The van der Waals surface area contributed by atoms with Crippen molar-refractivity contribution >= 4 is 15.9 Å². The van der Waals surface area contributed by atoms with Crippen LogP contribution in [0.5, 0.6) is 0 Å². The highest BCUT2D eigenvalue weighted by Gasteiger charge is 2.17. The Morgan fingerprint density at radius 3 is 2.87 bits per heavy atom. The van der Waals surface area contributed by atoms with Gasteiger partial charge in [0.2, 0.25) is 0 Å². The molecule has 1 heterocycles. The highest BCUT2D eigenvalue weighted by Crippen LogP contribution is 2.23. The molecule has 0 aromatic carbocycles. The zero-order valence-electron chi connectivity index (χ0n) is 9.46. The lowest BCUT2D eigenvalue weighted by atomic mass is 10.2. The van der Waals surface area contributed by atoms with Gasteiger partial charge in [0.05, 0.1) is 29.0 Å². The van der Waals surface area contributed by atoms with Crippen molar-refractivity contribution in [3.8, 4) is 0 Å². The molecule has 0 spiro atoms. The number of likely N-dealkylation sites (N-methyl/N-ethyl adjacent to an activating group) is 1. The summed E-state index contributed by atoms with van der Waals surface area (Å²) in [5, 5.41) is 7.52. The van der Waals surface area contributed by atoms with Gasteiger partial charge in [-0.15, -0.1) is 0 Å². The lowest BCUT2D eigenvalue weighted by Gasteiger charge is -2.17. The third kappa shape index (κ3) is 3.03. The summed E-state index contributed by atoms with van der Waals surface area (Å²) in [6.45, 7) is 6.34. The lowest BCUT2D eigenvalue weighted by molar-refractivity contribution is 0.122. The quantitative estimate of drug-likeness (QED) is 0.863. The van der Waals surface area contributed by atoms with E-state index in [-0.39, 0.29) is 6.04 Å². The van der Waals surface area contributed by atoms with Gasteiger partial charge in [-0.2, -0.15) is 5.10 Å². The van der Waals surface area contributed by atoms with Gasteiger partial charge in [0.25, 0.3) is 0 Å². The van der Waals surface area contributed by atoms with Crippen molar-refractivity contribution < 1.29 is 4.74 Å². The molecule has 0 amide bonds. The summed E-state index contributed by atoms with van der Waals surface area (Å²) in [7, 11) is 1.93. The molecule has 0 saturated carbocycles. The maximum Gasteiger partial charge on any atom is 0.0738 e. The Hall–Kier alpha value is -0.390. The summed E-state index contributed by atoms with van der Waals surface area (Å²) < 4.78 is 8.45. The largest absolute Gasteiger partial charge is 0.380 e. The van der Waals surface area contributed by atoms with E-state index in [1.54, 1.807) is 0 Å². The SMILES string of the molecule is CCOCC(NC)c1c(Br)cnn1CC. The zero-order valence-corrected chi connectivity index (χ0v) is 11.0. The Bertz CT molecular complexity index is 301. The van der Waals surface area contributed by atoms with Crippen LogP contribution in [0.1, 0.15) is 25.6 Å². The average molecular weight is 276 g/mol. The standard InChI is InChI=1S/C10H18BrN3O/c1-4-14-10(8(11)6-13-14)9(12-3)7-15-5-2/h6,9,12H,4-5,7H2,1-3H3. The van der Waals surface area contributed by atoms with E-state index in [9.17, 15) is 0 Å². The third-order valence-electron chi connectivity index (χ3n) is 2.30. The molecule has 0 fully saturated rings. The molecule has 0 aliphatic rings. The zero-order chi connectivity index (χ0) is 11.3. The van der Waals surface area contributed by atoms with Crippen LogP contribution in [-0.2, 0) is 11.3 Å². The third-order valence-corrected chi connectivity index (χ3v) is 2.91. The van der Waals surface area contributed by atoms with Crippen LogP contribution >= 0.6 is 15.9 Å². The Labute approximate surface area is 99.1 Å². The second-order valence-corrected chi connectivity index (χ2v) is 4.05. The van der Waals surface area contributed by atoms with Gasteiger partial charge < -0.3 is 10.1 Å². The topological polar surface area (TPSA) is 39.1 Å². The molecular weight excluding hydrogens is 258 g/mol. The van der Waals surface area contributed by atoms with Crippen LogP contribution in [0.25, 0.3) is 0 Å². The van der Waals surface area contributed by atoms with Crippen LogP contribution in [0.2, 0.25) is 0 Å². The smallest absolute Gasteiger partial charge is 0.0738 e. The van der Waals surface area contributed by atoms with E-state index in [1.165, 1.54) is 0 Å². The molecule has 0 radical (unpaired) electrons. The molecule has 0 saturated heterocycles. The fourth-order valence-electron chi connectivity index (χ4n) is 1.51. The molecule has 0 bridgehead atoms. The monoisotopic (exact) mass is 275 g/mol. The van der Waals surface area contributed by atoms with Gasteiger partial charge in [-0.05, 0) is 36.8 Å². The van der Waals surface area contributed by atoms with Crippen molar-refractivity contribution in [3.05, 3.63) is 16.4 Å². The maximum absolute atomic E-state index is 5.44. The van der Waals surface area contributed by atoms with E-state index >= 15 is 0 Å². The molecule has 1 aromatic rings. The van der Waals surface area contributed by atoms with Crippen LogP contribution < -0.4 is 5.32 Å². The first-order valence-corrected chi connectivity index (χ1v) is 6.00. The summed E-state index contributed by atoms with van der Waals surface area (Å²) in [6.07, 6.45) is 1.83. The minimum absolute atomic E-state index is 0.182. The number of ether oxygens (including phenoxy) is 1. The first kappa shape index (κ1) is 12.7. The Morgan fingerprint density at radius 2 is 2.33 bits per heavy atom. The molecule has 1 atom stereocenters. The van der Waals surface area contributed by atoms with E-state index in [4.69, 9.17) is 4.74 Å². The number of rotatable bonds is 6. The molecule has 0 aliphatic carbocycles. The normalized spacial score (nSPS) is 13.1. The number of aryl methyl sites for hydroxylation is 1. The molecule has 4 nitrogen and oxygen atoms in total. The molecular formula is C10H18BrN3O. The second kappa shape index (κ2) is 6.25. The molecule has 86 valence electrons. The summed E-state index contributed by atoms with van der Waals surface area (Å²) in [5.74, 6) is 0. The Balaban J connectivity index is 2.84. The van der Waals surface area contributed by atoms with Gasteiger partial charge in [0, 0.05) is 13.2 Å². The van der Waals surface area contributed by atoms with E-state index in [0.717, 1.165) is 23.3 Å². The Morgan fingerprint density at radius 1 is 1.60 bits per heavy atom. The van der Waals surface area contributed by atoms with E-state index < -0.39 is 0 Å². The molecule has 5 heteroatoms. The highest BCUT2D eigenvalue weighted by atomic mass is 79.9. The van der Waals surface area contributed by atoms with E-state index in [0.29, 0.717) is 6.61 Å². The van der Waals surface area contributed by atoms with Crippen molar-refractivity contribution in [3.63, 3.8) is 0 Å². The van der Waals surface area contributed by atoms with Crippen molar-refractivity contribution in [1.82, 2.24) is 15.1 Å². The van der Waals surface area contributed by atoms with Gasteiger partial charge in [-0.25, -0.2) is 0 Å². The van der Waals surface area contributed by atoms with Crippen molar-refractivity contribution in [2.75, 3.05) is 20.3 Å². The molecule has 15 heavy (non-hydrogen) atoms. The van der Waals surface area contributed by atoms with Crippen molar-refractivity contribution in [2.24, 2.45) is 0 Å². The van der Waals surface area contributed by atoms with Crippen LogP contribution in [0.3, 0.4) is 0 Å². The number of hydrogen-bond donors (Lipinski definition) is 1. The fourth-order valence-corrected chi connectivity index (χ4v) is 2.08. The number of aromatic nitrogens is 2. The second-order valence-electron chi connectivity index (χ2n) is 3.19. The fraction of sp³-hybridized carbons (Fsp3) is 0.700. The summed E-state index contributed by atoms with van der Waals surface area (Å²) >= 11 is 3.51. The van der Waals surface area contributed by atoms with E-state index in [2.05, 4.69) is 33.3 Å². The Kier molecular flexibility index (Phi) is 5.28. The van der Waals surface area contributed by atoms with E-state index in [1.807, 2.05) is 24.9 Å². The predicted molar refractivity (Wildman–Crippen MR) is 63.9 cm³/mol. The maximum atomic E-state index is 5.44. The number of nitrogens with one attached hydrogen (secondary N) is 1. The number of hydrogen-bond acceptors (Lipinski definition) is 3. The van der Waals surface area contributed by atoms with Gasteiger partial charge in [-0.3, -0.25) is 4.68 Å². The number of halogens is 1. The first-order valence-electron chi connectivity index (χ1n) is 5.20.